The Morgan fingerprint density at radius 2 is 2.26 bits per heavy atom. The van der Waals surface area contributed by atoms with Crippen LogP contribution in [-0.2, 0) is 11.3 Å². The van der Waals surface area contributed by atoms with Crippen LogP contribution in [0, 0.1) is 5.92 Å². The SMILES string of the molecule is C[C@@H](O)c1nc2cnc3[nH]ccc3c2n1N1CCC(CCNS(=O)[O-])CC1. The first kappa shape index (κ1) is 18.4. The van der Waals surface area contributed by atoms with Crippen molar-refractivity contribution in [2.24, 2.45) is 5.92 Å². The van der Waals surface area contributed by atoms with Crippen LogP contribution in [0.3, 0.4) is 0 Å². The summed E-state index contributed by atoms with van der Waals surface area (Å²) >= 11 is -2.19. The van der Waals surface area contributed by atoms with E-state index in [0.717, 1.165) is 54.4 Å². The zero-order valence-corrected chi connectivity index (χ0v) is 15.9. The lowest BCUT2D eigenvalue weighted by Gasteiger charge is -2.35. The van der Waals surface area contributed by atoms with E-state index in [1.807, 2.05) is 16.9 Å². The van der Waals surface area contributed by atoms with Crippen LogP contribution in [0.25, 0.3) is 22.1 Å². The molecule has 4 heterocycles. The Morgan fingerprint density at radius 3 is 2.96 bits per heavy atom. The molecule has 0 spiro atoms. The standard InChI is InChI=1S/C17H24N6O3S/c1-11(24)17-21-14-10-19-16-13(3-6-18-16)15(14)23(17)22-8-4-12(5-9-22)2-7-20-27(25)26/h3,6,10-12,20,24H,2,4-5,7-9H2,1H3,(H,18,19)(H,25,26)/p-1/t11-/m1/s1. The van der Waals surface area contributed by atoms with Gasteiger partial charge in [-0.05, 0) is 38.2 Å². The number of hydrogen-bond donors (Lipinski definition) is 3. The second kappa shape index (κ2) is 7.55. The fourth-order valence-electron chi connectivity index (χ4n) is 3.88. The van der Waals surface area contributed by atoms with Gasteiger partial charge in [0.15, 0.2) is 5.82 Å². The molecule has 9 nitrogen and oxygen atoms in total. The van der Waals surface area contributed by atoms with Crippen molar-refractivity contribution in [2.75, 3.05) is 24.6 Å². The van der Waals surface area contributed by atoms with Crippen LogP contribution in [0.4, 0.5) is 0 Å². The molecule has 1 aliphatic heterocycles. The van der Waals surface area contributed by atoms with E-state index in [1.165, 1.54) is 0 Å². The average Bonchev–Trinajstić information content (AvgIpc) is 3.26. The van der Waals surface area contributed by atoms with Crippen molar-refractivity contribution >= 4 is 33.3 Å². The maximum absolute atomic E-state index is 10.6. The van der Waals surface area contributed by atoms with E-state index in [4.69, 9.17) is 0 Å². The highest BCUT2D eigenvalue weighted by Crippen LogP contribution is 2.29. The van der Waals surface area contributed by atoms with Crippen molar-refractivity contribution in [3.8, 4) is 0 Å². The summed E-state index contributed by atoms with van der Waals surface area (Å²) in [6.07, 6.45) is 5.66. The number of H-pyrrole nitrogens is 1. The van der Waals surface area contributed by atoms with Crippen LogP contribution >= 0.6 is 0 Å². The molecule has 146 valence electrons. The largest absolute Gasteiger partial charge is 0.760 e. The van der Waals surface area contributed by atoms with Gasteiger partial charge in [0.25, 0.3) is 0 Å². The number of fused-ring (bicyclic) bond motifs is 3. The van der Waals surface area contributed by atoms with Crippen molar-refractivity contribution in [3.05, 3.63) is 24.3 Å². The van der Waals surface area contributed by atoms with E-state index >= 15 is 0 Å². The van der Waals surface area contributed by atoms with Gasteiger partial charge in [0.2, 0.25) is 0 Å². The molecule has 27 heavy (non-hydrogen) atoms. The molecule has 1 aliphatic rings. The molecule has 0 bridgehead atoms. The first-order valence-corrected chi connectivity index (χ1v) is 10.2. The number of piperidine rings is 1. The lowest BCUT2D eigenvalue weighted by atomic mass is 9.94. The lowest BCUT2D eigenvalue weighted by molar-refractivity contribution is 0.182. The monoisotopic (exact) mass is 391 g/mol. The molecule has 0 amide bonds. The molecule has 10 heteroatoms. The highest BCUT2D eigenvalue weighted by atomic mass is 32.2. The van der Waals surface area contributed by atoms with Crippen molar-refractivity contribution in [3.63, 3.8) is 0 Å². The summed E-state index contributed by atoms with van der Waals surface area (Å²) in [5, 5.41) is 13.5. The van der Waals surface area contributed by atoms with Crippen molar-refractivity contribution in [2.45, 2.75) is 32.3 Å². The maximum Gasteiger partial charge on any atom is 0.157 e. The third kappa shape index (κ3) is 3.57. The number of aromatic amines is 1. The highest BCUT2D eigenvalue weighted by Gasteiger charge is 2.25. The van der Waals surface area contributed by atoms with Crippen molar-refractivity contribution in [1.29, 1.82) is 0 Å². The fraction of sp³-hybridized carbons (Fsp3) is 0.529. The molecule has 0 saturated carbocycles. The Bertz CT molecular complexity index is 960. The first-order valence-electron chi connectivity index (χ1n) is 9.15. The summed E-state index contributed by atoms with van der Waals surface area (Å²) in [6, 6.07) is 1.98. The molecule has 1 saturated heterocycles. The molecule has 1 unspecified atom stereocenters. The van der Waals surface area contributed by atoms with Gasteiger partial charge in [-0.1, -0.05) is 0 Å². The lowest BCUT2D eigenvalue weighted by Crippen LogP contribution is -2.43. The van der Waals surface area contributed by atoms with Gasteiger partial charge >= 0.3 is 0 Å². The molecule has 0 aromatic carbocycles. The number of aliphatic hydroxyl groups excluding tert-OH is 1. The maximum atomic E-state index is 10.6. The highest BCUT2D eigenvalue weighted by molar-refractivity contribution is 7.77. The summed E-state index contributed by atoms with van der Waals surface area (Å²) in [6.45, 7) is 3.85. The molecule has 0 radical (unpaired) electrons. The van der Waals surface area contributed by atoms with Gasteiger partial charge in [0, 0.05) is 42.5 Å². The number of pyridine rings is 1. The Labute approximate surface area is 159 Å². The van der Waals surface area contributed by atoms with Gasteiger partial charge in [-0.15, -0.1) is 0 Å². The van der Waals surface area contributed by atoms with Gasteiger partial charge < -0.3 is 19.7 Å². The number of aromatic nitrogens is 4. The second-order valence-electron chi connectivity index (χ2n) is 7.00. The molecule has 1 fully saturated rings. The summed E-state index contributed by atoms with van der Waals surface area (Å²) < 4.78 is 25.7. The third-order valence-electron chi connectivity index (χ3n) is 5.22. The van der Waals surface area contributed by atoms with E-state index in [1.54, 1.807) is 13.1 Å². The topological polar surface area (TPSA) is 122 Å². The average molecular weight is 391 g/mol. The van der Waals surface area contributed by atoms with Gasteiger partial charge in [-0.25, -0.2) is 19.4 Å². The van der Waals surface area contributed by atoms with E-state index in [0.29, 0.717) is 18.3 Å². The Morgan fingerprint density at radius 1 is 1.48 bits per heavy atom. The predicted molar refractivity (Wildman–Crippen MR) is 102 cm³/mol. The number of nitrogens with zero attached hydrogens (tertiary/aromatic N) is 4. The molecule has 4 rings (SSSR count). The van der Waals surface area contributed by atoms with Crippen LogP contribution in [0.1, 0.15) is 38.1 Å². The second-order valence-corrected chi connectivity index (χ2v) is 7.76. The number of rotatable bonds is 6. The summed E-state index contributed by atoms with van der Waals surface area (Å²) in [5.41, 5.74) is 2.52. The van der Waals surface area contributed by atoms with Crippen LogP contribution in [0.2, 0.25) is 0 Å². The van der Waals surface area contributed by atoms with E-state index in [9.17, 15) is 13.9 Å². The summed E-state index contributed by atoms with van der Waals surface area (Å²) in [5.74, 6) is 1.10. The number of imidazole rings is 1. The van der Waals surface area contributed by atoms with Crippen LogP contribution in [0.15, 0.2) is 18.5 Å². The van der Waals surface area contributed by atoms with Crippen molar-refractivity contribution in [1.82, 2.24) is 24.4 Å². The number of nitrogens with one attached hydrogen (secondary N) is 2. The Balaban J connectivity index is 1.61. The van der Waals surface area contributed by atoms with E-state index < -0.39 is 17.4 Å². The quantitative estimate of drug-likeness (QED) is 0.541. The van der Waals surface area contributed by atoms with Crippen molar-refractivity contribution < 1.29 is 13.9 Å². The molecule has 3 N–H and O–H groups in total. The minimum Gasteiger partial charge on any atom is -0.760 e. The first-order chi connectivity index (χ1) is 13.0. The van der Waals surface area contributed by atoms with Gasteiger partial charge in [-0.2, -0.15) is 0 Å². The molecular weight excluding hydrogens is 368 g/mol. The third-order valence-corrected chi connectivity index (χ3v) is 5.66. The van der Waals surface area contributed by atoms with E-state index in [2.05, 4.69) is 24.7 Å². The minimum absolute atomic E-state index is 0.476. The molecule has 3 aromatic rings. The Hall–Kier alpha value is -2.01. The zero-order chi connectivity index (χ0) is 19.0. The van der Waals surface area contributed by atoms with Crippen LogP contribution < -0.4 is 9.73 Å². The zero-order valence-electron chi connectivity index (χ0n) is 15.1. The summed E-state index contributed by atoms with van der Waals surface area (Å²) in [7, 11) is 0. The van der Waals surface area contributed by atoms with Gasteiger partial charge in [0.1, 0.15) is 22.8 Å². The molecule has 3 aromatic heterocycles. The van der Waals surface area contributed by atoms with Gasteiger partial charge in [0.05, 0.1) is 6.20 Å². The minimum atomic E-state index is -2.19. The van der Waals surface area contributed by atoms with Gasteiger partial charge in [-0.3, -0.25) is 4.21 Å². The number of hydrogen-bond acceptors (Lipinski definition) is 6. The Kier molecular flexibility index (Phi) is 5.13. The van der Waals surface area contributed by atoms with Crippen LogP contribution in [-0.4, -0.2) is 53.1 Å². The molecular formula is C17H23N6O3S-. The molecule has 2 atom stereocenters. The van der Waals surface area contributed by atoms with E-state index in [-0.39, 0.29) is 0 Å². The fourth-order valence-corrected chi connectivity index (χ4v) is 4.17. The summed E-state index contributed by atoms with van der Waals surface area (Å²) in [4.78, 5) is 12.1. The predicted octanol–water partition coefficient (Wildman–Crippen LogP) is 1.09. The van der Waals surface area contributed by atoms with Crippen LogP contribution in [0.5, 0.6) is 0 Å². The molecule has 0 aliphatic carbocycles. The smallest absolute Gasteiger partial charge is 0.157 e. The normalized spacial score (nSPS) is 18.4. The number of aliphatic hydroxyl groups is 1.